The molecule has 0 saturated carbocycles. The molecule has 4 rings (SSSR count). The van der Waals surface area contributed by atoms with E-state index in [0.717, 1.165) is 21.9 Å². The molecule has 2 aromatic carbocycles. The van der Waals surface area contributed by atoms with Gasteiger partial charge in [-0.25, -0.2) is 0 Å². The molecule has 0 aliphatic carbocycles. The predicted octanol–water partition coefficient (Wildman–Crippen LogP) is 3.12. The summed E-state index contributed by atoms with van der Waals surface area (Å²) in [5, 5.41) is -0.0157. The Balaban J connectivity index is 1.59. The number of thioether (sulfide) groups is 1. The van der Waals surface area contributed by atoms with Crippen LogP contribution in [0.4, 0.5) is 5.69 Å². The number of rotatable bonds is 4. The molecule has 0 spiro atoms. The molecule has 0 aromatic heterocycles. The second-order valence-corrected chi connectivity index (χ2v) is 8.27. The number of carbonyl (C=O) groups is 2. The van der Waals surface area contributed by atoms with Gasteiger partial charge in [0.15, 0.2) is 0 Å². The van der Waals surface area contributed by atoms with Crippen LogP contribution in [0.25, 0.3) is 0 Å². The summed E-state index contributed by atoms with van der Waals surface area (Å²) in [6, 6.07) is 15.6. The van der Waals surface area contributed by atoms with Gasteiger partial charge in [0.05, 0.1) is 26.0 Å². The highest BCUT2D eigenvalue weighted by Gasteiger charge is 2.31. The van der Waals surface area contributed by atoms with E-state index in [4.69, 9.17) is 9.47 Å². The van der Waals surface area contributed by atoms with Crippen molar-refractivity contribution in [2.45, 2.75) is 16.6 Å². The summed E-state index contributed by atoms with van der Waals surface area (Å²) in [5.74, 6) is 0.714. The van der Waals surface area contributed by atoms with Gasteiger partial charge in [0.25, 0.3) is 0 Å². The van der Waals surface area contributed by atoms with Crippen LogP contribution in [0.3, 0.4) is 0 Å². The van der Waals surface area contributed by atoms with E-state index in [0.29, 0.717) is 32.7 Å². The average Bonchev–Trinajstić information content (AvgIpc) is 2.91. The van der Waals surface area contributed by atoms with E-state index in [1.165, 1.54) is 0 Å². The highest BCUT2D eigenvalue weighted by atomic mass is 32.2. The first-order valence-electron chi connectivity index (χ1n) is 9.71. The molecule has 1 atom stereocenters. The van der Waals surface area contributed by atoms with Crippen molar-refractivity contribution in [1.29, 1.82) is 0 Å². The zero-order chi connectivity index (χ0) is 20.2. The van der Waals surface area contributed by atoms with Crippen LogP contribution in [0.1, 0.15) is 17.2 Å². The maximum Gasteiger partial charge on any atom is 0.242 e. The molecule has 1 saturated heterocycles. The Morgan fingerprint density at radius 2 is 1.86 bits per heavy atom. The summed E-state index contributed by atoms with van der Waals surface area (Å²) in [7, 11) is 1.64. The van der Waals surface area contributed by atoms with E-state index in [1.807, 2.05) is 48.5 Å². The lowest BCUT2D eigenvalue weighted by Gasteiger charge is -2.30. The molecule has 0 bridgehead atoms. The molecule has 2 aliphatic heterocycles. The van der Waals surface area contributed by atoms with Crippen molar-refractivity contribution in [3.05, 3.63) is 54.1 Å². The maximum atomic E-state index is 13.2. The summed E-state index contributed by atoms with van der Waals surface area (Å²) in [4.78, 5) is 30.4. The Morgan fingerprint density at radius 3 is 2.59 bits per heavy atom. The zero-order valence-electron chi connectivity index (χ0n) is 16.4. The molecule has 0 radical (unpaired) electrons. The van der Waals surface area contributed by atoms with Crippen LogP contribution in [-0.4, -0.2) is 56.7 Å². The largest absolute Gasteiger partial charge is 0.497 e. The Bertz CT molecular complexity index is 881. The standard InChI is InChI=1S/C22H24N2O4S/c1-27-17-8-6-16(7-9-17)20-14-21(25)24(18-4-2-3-5-19(18)29-20)15-22(26)23-10-12-28-13-11-23/h2-9,20H,10-15H2,1H3. The molecule has 6 nitrogen and oxygen atoms in total. The second-order valence-electron chi connectivity index (χ2n) is 7.02. The Kier molecular flexibility index (Phi) is 6.06. The molecule has 7 heteroatoms. The first kappa shape index (κ1) is 19.8. The minimum atomic E-state index is -0.0376. The van der Waals surface area contributed by atoms with Gasteiger partial charge in [-0.15, -0.1) is 11.8 Å². The highest BCUT2D eigenvalue weighted by molar-refractivity contribution is 7.99. The zero-order valence-corrected chi connectivity index (χ0v) is 17.2. The molecular formula is C22H24N2O4S. The molecule has 1 unspecified atom stereocenters. The first-order valence-corrected chi connectivity index (χ1v) is 10.6. The topological polar surface area (TPSA) is 59.1 Å². The van der Waals surface area contributed by atoms with E-state index in [1.54, 1.807) is 28.7 Å². The van der Waals surface area contributed by atoms with Crippen molar-refractivity contribution in [2.75, 3.05) is 44.9 Å². The lowest BCUT2D eigenvalue weighted by Crippen LogP contribution is -2.47. The third-order valence-electron chi connectivity index (χ3n) is 5.23. The third kappa shape index (κ3) is 4.41. The number of amides is 2. The lowest BCUT2D eigenvalue weighted by molar-refractivity contribution is -0.135. The number of ether oxygens (including phenoxy) is 2. The number of morpholine rings is 1. The molecule has 2 amide bonds. The van der Waals surface area contributed by atoms with Crippen LogP contribution in [0.2, 0.25) is 0 Å². The van der Waals surface area contributed by atoms with Crippen LogP contribution in [0, 0.1) is 0 Å². The van der Waals surface area contributed by atoms with Gasteiger partial charge < -0.3 is 19.3 Å². The second kappa shape index (κ2) is 8.88. The van der Waals surface area contributed by atoms with Crippen LogP contribution >= 0.6 is 11.8 Å². The number of fused-ring (bicyclic) bond motifs is 1. The van der Waals surface area contributed by atoms with Gasteiger partial charge >= 0.3 is 0 Å². The maximum absolute atomic E-state index is 13.2. The molecule has 2 aliphatic rings. The Hall–Kier alpha value is -2.51. The fourth-order valence-electron chi connectivity index (χ4n) is 3.60. The molecular weight excluding hydrogens is 388 g/mol. The summed E-state index contributed by atoms with van der Waals surface area (Å²) >= 11 is 1.67. The summed E-state index contributed by atoms with van der Waals surface area (Å²) in [6.45, 7) is 2.31. The molecule has 152 valence electrons. The summed E-state index contributed by atoms with van der Waals surface area (Å²) in [6.07, 6.45) is 0.335. The number of carbonyl (C=O) groups excluding carboxylic acids is 2. The summed E-state index contributed by atoms with van der Waals surface area (Å²) in [5.41, 5.74) is 1.88. The third-order valence-corrected chi connectivity index (χ3v) is 6.55. The fourth-order valence-corrected chi connectivity index (χ4v) is 4.89. The smallest absolute Gasteiger partial charge is 0.242 e. The minimum Gasteiger partial charge on any atom is -0.497 e. The van der Waals surface area contributed by atoms with Crippen LogP contribution in [0.5, 0.6) is 5.75 Å². The lowest BCUT2D eigenvalue weighted by atomic mass is 10.1. The van der Waals surface area contributed by atoms with Crippen molar-refractivity contribution < 1.29 is 19.1 Å². The molecule has 0 N–H and O–H groups in total. The number of benzene rings is 2. The van der Waals surface area contributed by atoms with Crippen LogP contribution in [-0.2, 0) is 14.3 Å². The van der Waals surface area contributed by atoms with Crippen molar-refractivity contribution in [3.63, 3.8) is 0 Å². The van der Waals surface area contributed by atoms with Gasteiger partial charge in [0, 0.05) is 29.7 Å². The molecule has 1 fully saturated rings. The molecule has 29 heavy (non-hydrogen) atoms. The van der Waals surface area contributed by atoms with Crippen molar-refractivity contribution in [1.82, 2.24) is 4.90 Å². The number of hydrogen-bond acceptors (Lipinski definition) is 5. The number of hydrogen-bond donors (Lipinski definition) is 0. The van der Waals surface area contributed by atoms with Crippen LogP contribution < -0.4 is 9.64 Å². The minimum absolute atomic E-state index is 0.0157. The van der Waals surface area contributed by atoms with E-state index < -0.39 is 0 Å². The van der Waals surface area contributed by atoms with Gasteiger partial charge in [-0.3, -0.25) is 9.59 Å². The van der Waals surface area contributed by atoms with Gasteiger partial charge in [-0.1, -0.05) is 24.3 Å². The first-order chi connectivity index (χ1) is 14.2. The van der Waals surface area contributed by atoms with Crippen LogP contribution in [0.15, 0.2) is 53.4 Å². The Labute approximate surface area is 174 Å². The number of anilines is 1. The van der Waals surface area contributed by atoms with Crippen molar-refractivity contribution >= 4 is 29.3 Å². The van der Waals surface area contributed by atoms with Crippen molar-refractivity contribution in [3.8, 4) is 5.75 Å². The highest BCUT2D eigenvalue weighted by Crippen LogP contribution is 2.45. The normalized spacial score (nSPS) is 19.5. The predicted molar refractivity (Wildman–Crippen MR) is 112 cm³/mol. The number of para-hydroxylation sites is 1. The molecule has 2 aromatic rings. The van der Waals surface area contributed by atoms with E-state index >= 15 is 0 Å². The van der Waals surface area contributed by atoms with E-state index in [-0.39, 0.29) is 23.6 Å². The fraction of sp³-hybridized carbons (Fsp3) is 0.364. The number of methoxy groups -OCH3 is 1. The summed E-state index contributed by atoms with van der Waals surface area (Å²) < 4.78 is 10.6. The van der Waals surface area contributed by atoms with Crippen molar-refractivity contribution in [2.24, 2.45) is 0 Å². The average molecular weight is 413 g/mol. The van der Waals surface area contributed by atoms with E-state index in [2.05, 4.69) is 0 Å². The monoisotopic (exact) mass is 412 g/mol. The van der Waals surface area contributed by atoms with E-state index in [9.17, 15) is 9.59 Å². The Morgan fingerprint density at radius 1 is 1.14 bits per heavy atom. The van der Waals surface area contributed by atoms with Gasteiger partial charge in [0.2, 0.25) is 11.8 Å². The van der Waals surface area contributed by atoms with Gasteiger partial charge in [0.1, 0.15) is 12.3 Å². The van der Waals surface area contributed by atoms with Gasteiger partial charge in [-0.05, 0) is 29.8 Å². The molecule has 2 heterocycles. The quantitative estimate of drug-likeness (QED) is 0.772. The number of nitrogens with zero attached hydrogens (tertiary/aromatic N) is 2. The van der Waals surface area contributed by atoms with Gasteiger partial charge in [-0.2, -0.15) is 0 Å². The SMILES string of the molecule is COc1ccc(C2CC(=O)N(CC(=O)N3CCOCC3)c3ccccc3S2)cc1.